The topological polar surface area (TPSA) is 50.3 Å². The Hall–Kier alpha value is -2.08. The zero-order valence-corrected chi connectivity index (χ0v) is 13.8. The molecule has 0 spiro atoms. The van der Waals surface area contributed by atoms with Crippen LogP contribution in [0.4, 0.5) is 4.39 Å². The number of aromatic nitrogens is 1. The van der Waals surface area contributed by atoms with Gasteiger partial charge in [-0.2, -0.15) is 0 Å². The third-order valence-electron chi connectivity index (χ3n) is 3.95. The van der Waals surface area contributed by atoms with Crippen LogP contribution in [0.2, 0.25) is 0 Å². The molecule has 0 saturated carbocycles. The van der Waals surface area contributed by atoms with Crippen LogP contribution in [0.25, 0.3) is 0 Å². The number of likely N-dealkylation sites (tertiary alicyclic amines) is 1. The van der Waals surface area contributed by atoms with Crippen molar-refractivity contribution in [1.82, 2.24) is 9.88 Å². The second kappa shape index (κ2) is 6.20. The number of hydrogen-bond donors (Lipinski definition) is 0. The zero-order chi connectivity index (χ0) is 16.6. The lowest BCUT2D eigenvalue weighted by Crippen LogP contribution is -2.33. The third kappa shape index (κ3) is 3.17. The van der Waals surface area contributed by atoms with Gasteiger partial charge in [0.2, 0.25) is 5.78 Å². The molecule has 1 atom stereocenters. The molecule has 1 fully saturated rings. The zero-order valence-electron chi connectivity index (χ0n) is 13.0. The van der Waals surface area contributed by atoms with Crippen LogP contribution < -0.4 is 0 Å². The fourth-order valence-electron chi connectivity index (χ4n) is 2.66. The average Bonchev–Trinajstić information content (AvgIpc) is 3.08. The normalized spacial score (nSPS) is 18.3. The first-order valence-electron chi connectivity index (χ1n) is 7.49. The highest BCUT2D eigenvalue weighted by Gasteiger charge is 2.42. The minimum absolute atomic E-state index is 0.00935. The number of carbonyl (C=O) groups is 2. The predicted molar refractivity (Wildman–Crippen MR) is 85.9 cm³/mol. The number of hydrogen-bond acceptors (Lipinski definition) is 4. The molecule has 1 aromatic carbocycles. The molecule has 1 unspecified atom stereocenters. The highest BCUT2D eigenvalue weighted by atomic mass is 32.1. The van der Waals surface area contributed by atoms with Crippen LogP contribution in [0, 0.1) is 5.82 Å². The largest absolute Gasteiger partial charge is 0.332 e. The maximum Gasteiger partial charge on any atom is 0.291 e. The summed E-state index contributed by atoms with van der Waals surface area (Å²) in [6.07, 6.45) is 2.37. The van der Waals surface area contributed by atoms with E-state index in [4.69, 9.17) is 0 Å². The Labute approximate surface area is 138 Å². The van der Waals surface area contributed by atoms with Crippen LogP contribution in [-0.2, 0) is 16.0 Å². The van der Waals surface area contributed by atoms with E-state index >= 15 is 0 Å². The Morgan fingerprint density at radius 3 is 2.61 bits per heavy atom. The second-order valence-electron chi connectivity index (χ2n) is 5.94. The fraction of sp³-hybridized carbons (Fsp3) is 0.353. The van der Waals surface area contributed by atoms with E-state index in [0.29, 0.717) is 18.0 Å². The van der Waals surface area contributed by atoms with Gasteiger partial charge in [0.05, 0.1) is 5.92 Å². The van der Waals surface area contributed by atoms with Crippen LogP contribution in [0.1, 0.15) is 35.2 Å². The summed E-state index contributed by atoms with van der Waals surface area (Å²) in [4.78, 5) is 31.1. The molecule has 1 amide bonds. The molecule has 2 aromatic rings. The van der Waals surface area contributed by atoms with Gasteiger partial charge in [0.25, 0.3) is 5.91 Å². The van der Waals surface area contributed by atoms with E-state index in [2.05, 4.69) is 4.98 Å². The van der Waals surface area contributed by atoms with Gasteiger partial charge >= 0.3 is 0 Å². The number of benzene rings is 1. The highest BCUT2D eigenvalue weighted by Crippen LogP contribution is 2.30. The van der Waals surface area contributed by atoms with Crippen molar-refractivity contribution in [2.24, 2.45) is 0 Å². The summed E-state index contributed by atoms with van der Waals surface area (Å²) in [5, 5.41) is 0.684. The van der Waals surface area contributed by atoms with Crippen molar-refractivity contribution in [3.8, 4) is 0 Å². The Morgan fingerprint density at radius 1 is 1.30 bits per heavy atom. The molecule has 1 aliphatic heterocycles. The molecule has 0 radical (unpaired) electrons. The molecule has 1 aliphatic rings. The fourth-order valence-corrected chi connectivity index (χ4v) is 3.70. The third-order valence-corrected chi connectivity index (χ3v) is 5.06. The van der Waals surface area contributed by atoms with Gasteiger partial charge in [-0.05, 0) is 31.5 Å². The van der Waals surface area contributed by atoms with Crippen molar-refractivity contribution in [3.05, 3.63) is 51.7 Å². The summed E-state index contributed by atoms with van der Waals surface area (Å²) >= 11 is 1.44. The van der Waals surface area contributed by atoms with Gasteiger partial charge in [-0.1, -0.05) is 12.1 Å². The van der Waals surface area contributed by atoms with Gasteiger partial charge < -0.3 is 4.90 Å². The molecule has 0 N–H and O–H groups in total. The molecule has 1 aromatic heterocycles. The summed E-state index contributed by atoms with van der Waals surface area (Å²) in [6.45, 7) is 4.20. The van der Waals surface area contributed by atoms with E-state index in [1.807, 2.05) is 13.8 Å². The van der Waals surface area contributed by atoms with E-state index in [1.165, 1.54) is 23.5 Å². The molecule has 120 valence electrons. The molecule has 4 nitrogen and oxygen atoms in total. The summed E-state index contributed by atoms with van der Waals surface area (Å²) < 4.78 is 12.9. The van der Waals surface area contributed by atoms with Gasteiger partial charge in [-0.3, -0.25) is 9.59 Å². The van der Waals surface area contributed by atoms with Crippen LogP contribution >= 0.6 is 11.3 Å². The second-order valence-corrected chi connectivity index (χ2v) is 7.08. The van der Waals surface area contributed by atoms with Crippen molar-refractivity contribution >= 4 is 23.0 Å². The number of halogens is 1. The van der Waals surface area contributed by atoms with Crippen molar-refractivity contribution < 1.29 is 14.0 Å². The SMILES string of the molecule is CC(C)N1CC(c2ncc(Cc3ccc(F)cc3)s2)C(=O)C1=O. The Balaban J connectivity index is 1.75. The number of carbonyl (C=O) groups excluding carboxylic acids is 2. The molecule has 6 heteroatoms. The van der Waals surface area contributed by atoms with E-state index in [0.717, 1.165) is 10.4 Å². The van der Waals surface area contributed by atoms with Crippen LogP contribution in [0.5, 0.6) is 0 Å². The van der Waals surface area contributed by atoms with E-state index < -0.39 is 11.8 Å². The molecule has 23 heavy (non-hydrogen) atoms. The van der Waals surface area contributed by atoms with Crippen molar-refractivity contribution in [2.75, 3.05) is 6.54 Å². The van der Waals surface area contributed by atoms with E-state index in [-0.39, 0.29) is 17.6 Å². The molecule has 0 bridgehead atoms. The smallest absolute Gasteiger partial charge is 0.291 e. The van der Waals surface area contributed by atoms with Crippen LogP contribution in [0.15, 0.2) is 30.5 Å². The average molecular weight is 332 g/mol. The van der Waals surface area contributed by atoms with Gasteiger partial charge in [-0.15, -0.1) is 11.3 Å². The van der Waals surface area contributed by atoms with Gasteiger partial charge in [0.1, 0.15) is 10.8 Å². The van der Waals surface area contributed by atoms with Crippen LogP contribution in [0.3, 0.4) is 0 Å². The van der Waals surface area contributed by atoms with E-state index in [9.17, 15) is 14.0 Å². The molecular weight excluding hydrogens is 315 g/mol. The first-order chi connectivity index (χ1) is 11.0. The maximum atomic E-state index is 12.9. The van der Waals surface area contributed by atoms with Gasteiger partial charge in [-0.25, -0.2) is 9.37 Å². The first kappa shape index (κ1) is 15.8. The van der Waals surface area contributed by atoms with Gasteiger partial charge in [0, 0.05) is 30.1 Å². The number of thiazole rings is 1. The first-order valence-corrected chi connectivity index (χ1v) is 8.31. The minimum atomic E-state index is -0.461. The van der Waals surface area contributed by atoms with Crippen LogP contribution in [-0.4, -0.2) is 34.2 Å². The van der Waals surface area contributed by atoms with Crippen molar-refractivity contribution in [3.63, 3.8) is 0 Å². The van der Waals surface area contributed by atoms with Crippen molar-refractivity contribution in [1.29, 1.82) is 0 Å². The monoisotopic (exact) mass is 332 g/mol. The lowest BCUT2D eigenvalue weighted by atomic mass is 10.1. The summed E-state index contributed by atoms with van der Waals surface area (Å²) in [5.41, 5.74) is 0.985. The molecule has 3 rings (SSSR count). The predicted octanol–water partition coefficient (Wildman–Crippen LogP) is 2.78. The molecule has 2 heterocycles. The summed E-state index contributed by atoms with van der Waals surface area (Å²) in [5.74, 6) is -1.51. The molecular formula is C17H17FN2O2S. The standard InChI is InChI=1S/C17H17FN2O2S/c1-10(2)20-9-14(15(21)17(20)22)16-19-8-13(23-16)7-11-3-5-12(18)6-4-11/h3-6,8,10,14H,7,9H2,1-2H3. The molecule has 1 saturated heterocycles. The number of nitrogens with zero attached hydrogens (tertiary/aromatic N) is 2. The number of amides is 1. The highest BCUT2D eigenvalue weighted by molar-refractivity contribution is 7.11. The molecule has 0 aliphatic carbocycles. The lowest BCUT2D eigenvalue weighted by Gasteiger charge is -2.19. The summed E-state index contributed by atoms with van der Waals surface area (Å²) in [6, 6.07) is 6.34. The Bertz CT molecular complexity index is 739. The lowest BCUT2D eigenvalue weighted by molar-refractivity contribution is -0.141. The number of ketones is 1. The van der Waals surface area contributed by atoms with Crippen molar-refractivity contribution in [2.45, 2.75) is 32.2 Å². The van der Waals surface area contributed by atoms with Gasteiger partial charge in [0.15, 0.2) is 0 Å². The maximum absolute atomic E-state index is 12.9. The quantitative estimate of drug-likeness (QED) is 0.809. The number of rotatable bonds is 4. The van der Waals surface area contributed by atoms with E-state index in [1.54, 1.807) is 23.2 Å². The Kier molecular flexibility index (Phi) is 4.26. The minimum Gasteiger partial charge on any atom is -0.332 e. The summed E-state index contributed by atoms with van der Waals surface area (Å²) in [7, 11) is 0. The Morgan fingerprint density at radius 2 is 2.00 bits per heavy atom. The number of Topliss-reactive ketones (excluding diaryl/α,β-unsaturated/α-hetero) is 1.